The lowest BCUT2D eigenvalue weighted by Crippen LogP contribution is -2.38. The Labute approximate surface area is 220 Å². The number of rotatable bonds is 4. The lowest BCUT2D eigenvalue weighted by atomic mass is 9.89. The van der Waals surface area contributed by atoms with Crippen molar-refractivity contribution in [3.63, 3.8) is 0 Å². The maximum Gasteiger partial charge on any atom is 0.332 e. The van der Waals surface area contributed by atoms with E-state index in [0.717, 1.165) is 40.1 Å². The largest absolute Gasteiger partial charge is 0.332 e. The minimum absolute atomic E-state index is 0.328. The molecule has 6 heteroatoms. The molecule has 0 saturated heterocycles. The average molecular weight is 501 g/mol. The van der Waals surface area contributed by atoms with E-state index in [1.54, 1.807) is 7.05 Å². The summed E-state index contributed by atoms with van der Waals surface area (Å²) in [7, 11) is 3.21. The van der Waals surface area contributed by atoms with Crippen molar-refractivity contribution in [3.05, 3.63) is 134 Å². The highest BCUT2D eigenvalue weighted by Crippen LogP contribution is 2.38. The standard InChI is InChI=1S/C32H28N4O2/c1-34-30-28(31(37)35(2)32(34)38)27(24-16-10-5-11-17-24)26-21-36(19-23-14-8-4-9-15-23)20-25(29(26)33-30)18-22-12-6-3-7-13-22/h3-18H,19-21H2,1-2H3/b25-18+. The minimum Gasteiger partial charge on any atom is -0.290 e. The number of benzene rings is 3. The van der Waals surface area contributed by atoms with Crippen molar-refractivity contribution in [2.45, 2.75) is 13.1 Å². The van der Waals surface area contributed by atoms with Gasteiger partial charge in [0.15, 0.2) is 5.65 Å². The fraction of sp³-hybridized carbons (Fsp3) is 0.156. The zero-order valence-corrected chi connectivity index (χ0v) is 21.5. The molecule has 2 aromatic heterocycles. The highest BCUT2D eigenvalue weighted by atomic mass is 16.2. The van der Waals surface area contributed by atoms with E-state index in [9.17, 15) is 9.59 Å². The van der Waals surface area contributed by atoms with Crippen LogP contribution < -0.4 is 11.2 Å². The van der Waals surface area contributed by atoms with Gasteiger partial charge in [-0.1, -0.05) is 91.0 Å². The topological polar surface area (TPSA) is 60.1 Å². The van der Waals surface area contributed by atoms with Crippen molar-refractivity contribution in [2.24, 2.45) is 14.1 Å². The molecule has 0 N–H and O–H groups in total. The fourth-order valence-electron chi connectivity index (χ4n) is 5.38. The number of aromatic nitrogens is 3. The van der Waals surface area contributed by atoms with Crippen LogP contribution in [-0.2, 0) is 27.2 Å². The summed E-state index contributed by atoms with van der Waals surface area (Å²) < 4.78 is 2.66. The molecule has 0 atom stereocenters. The van der Waals surface area contributed by atoms with Gasteiger partial charge in [-0.15, -0.1) is 0 Å². The van der Waals surface area contributed by atoms with Crippen LogP contribution in [0.15, 0.2) is 101 Å². The van der Waals surface area contributed by atoms with Gasteiger partial charge in [-0.2, -0.15) is 0 Å². The quantitative estimate of drug-likeness (QED) is 0.354. The second-order valence-corrected chi connectivity index (χ2v) is 9.80. The molecule has 1 aliphatic rings. The van der Waals surface area contributed by atoms with E-state index >= 15 is 0 Å². The summed E-state index contributed by atoms with van der Waals surface area (Å²) in [5.74, 6) is 0. The Morgan fingerprint density at radius 1 is 0.789 bits per heavy atom. The van der Waals surface area contributed by atoms with Crippen molar-refractivity contribution in [1.29, 1.82) is 0 Å². The SMILES string of the molecule is Cn1c(=O)c2c(-c3ccccc3)c3c(nc2n(C)c1=O)/C(=C/c1ccccc1)CN(Cc1ccccc1)C3. The molecule has 0 aliphatic carbocycles. The van der Waals surface area contributed by atoms with Gasteiger partial charge in [0.1, 0.15) is 0 Å². The van der Waals surface area contributed by atoms with Crippen LogP contribution in [-0.4, -0.2) is 25.6 Å². The van der Waals surface area contributed by atoms with Gasteiger partial charge < -0.3 is 0 Å². The van der Waals surface area contributed by atoms with Crippen LogP contribution in [0.25, 0.3) is 33.8 Å². The molecule has 0 saturated carbocycles. The van der Waals surface area contributed by atoms with Crippen LogP contribution in [0.4, 0.5) is 0 Å². The van der Waals surface area contributed by atoms with Gasteiger partial charge in [-0.05, 0) is 28.3 Å². The van der Waals surface area contributed by atoms with E-state index in [2.05, 4.69) is 47.4 Å². The molecule has 1 aliphatic heterocycles. The van der Waals surface area contributed by atoms with E-state index < -0.39 is 0 Å². The molecule has 0 radical (unpaired) electrons. The molecule has 6 rings (SSSR count). The maximum atomic E-state index is 13.6. The van der Waals surface area contributed by atoms with Gasteiger partial charge in [-0.25, -0.2) is 9.78 Å². The molecular formula is C32H28N4O2. The van der Waals surface area contributed by atoms with E-state index in [0.29, 0.717) is 24.1 Å². The first-order valence-corrected chi connectivity index (χ1v) is 12.7. The third kappa shape index (κ3) is 4.19. The van der Waals surface area contributed by atoms with E-state index in [1.165, 1.54) is 21.7 Å². The third-order valence-electron chi connectivity index (χ3n) is 7.22. The minimum atomic E-state index is -0.385. The predicted molar refractivity (Wildman–Crippen MR) is 153 cm³/mol. The van der Waals surface area contributed by atoms with Gasteiger partial charge in [0.25, 0.3) is 5.56 Å². The summed E-state index contributed by atoms with van der Waals surface area (Å²) in [5, 5.41) is 0.472. The Kier molecular flexibility index (Phi) is 6.10. The number of fused-ring (bicyclic) bond motifs is 2. The smallest absolute Gasteiger partial charge is 0.290 e. The molecule has 0 amide bonds. The molecule has 5 aromatic rings. The van der Waals surface area contributed by atoms with E-state index in [-0.39, 0.29) is 11.2 Å². The monoisotopic (exact) mass is 500 g/mol. The molecule has 0 unspecified atom stereocenters. The van der Waals surface area contributed by atoms with Crippen molar-refractivity contribution in [2.75, 3.05) is 6.54 Å². The lowest BCUT2D eigenvalue weighted by molar-refractivity contribution is 0.283. The molecule has 3 heterocycles. The Bertz CT molecular complexity index is 1790. The average Bonchev–Trinajstić information content (AvgIpc) is 2.95. The zero-order valence-electron chi connectivity index (χ0n) is 21.5. The number of pyridine rings is 1. The summed E-state index contributed by atoms with van der Waals surface area (Å²) in [4.78, 5) is 33.9. The first kappa shape index (κ1) is 23.8. The molecule has 0 fully saturated rings. The lowest BCUT2D eigenvalue weighted by Gasteiger charge is -2.32. The molecule has 6 nitrogen and oxygen atoms in total. The van der Waals surface area contributed by atoms with Gasteiger partial charge >= 0.3 is 5.69 Å². The number of aryl methyl sites for hydroxylation is 1. The molecule has 0 spiro atoms. The highest BCUT2D eigenvalue weighted by Gasteiger charge is 2.29. The Hall–Kier alpha value is -4.55. The normalized spacial score (nSPS) is 14.6. The summed E-state index contributed by atoms with van der Waals surface area (Å²) in [5.41, 5.74) is 6.68. The van der Waals surface area contributed by atoms with Gasteiger partial charge in [0.05, 0.1) is 11.1 Å². The number of hydrogen-bond donors (Lipinski definition) is 0. The first-order chi connectivity index (χ1) is 18.5. The van der Waals surface area contributed by atoms with Crippen molar-refractivity contribution in [1.82, 2.24) is 19.0 Å². The van der Waals surface area contributed by atoms with Crippen molar-refractivity contribution in [3.8, 4) is 11.1 Å². The van der Waals surface area contributed by atoms with Crippen LogP contribution in [0.1, 0.15) is 22.4 Å². The maximum absolute atomic E-state index is 13.6. The van der Waals surface area contributed by atoms with Crippen LogP contribution in [0.5, 0.6) is 0 Å². The number of hydrogen-bond acceptors (Lipinski definition) is 4. The van der Waals surface area contributed by atoms with Crippen LogP contribution in [0, 0.1) is 0 Å². The van der Waals surface area contributed by atoms with Gasteiger partial charge in [0, 0.05) is 44.9 Å². The molecule has 188 valence electrons. The van der Waals surface area contributed by atoms with Crippen molar-refractivity contribution >= 4 is 22.7 Å². The summed E-state index contributed by atoms with van der Waals surface area (Å²) >= 11 is 0. The van der Waals surface area contributed by atoms with Gasteiger partial charge in [-0.3, -0.25) is 18.8 Å². The highest BCUT2D eigenvalue weighted by molar-refractivity contribution is 5.98. The summed E-state index contributed by atoms with van der Waals surface area (Å²) in [6, 6.07) is 30.6. The van der Waals surface area contributed by atoms with Crippen LogP contribution >= 0.6 is 0 Å². The molecule has 3 aromatic carbocycles. The molecule has 0 bridgehead atoms. The molecular weight excluding hydrogens is 472 g/mol. The van der Waals surface area contributed by atoms with Crippen LogP contribution in [0.3, 0.4) is 0 Å². The fourth-order valence-corrected chi connectivity index (χ4v) is 5.38. The second-order valence-electron chi connectivity index (χ2n) is 9.80. The van der Waals surface area contributed by atoms with E-state index in [4.69, 9.17) is 4.98 Å². The third-order valence-corrected chi connectivity index (χ3v) is 7.22. The second kappa shape index (κ2) is 9.72. The van der Waals surface area contributed by atoms with Crippen LogP contribution in [0.2, 0.25) is 0 Å². The van der Waals surface area contributed by atoms with Crippen molar-refractivity contribution < 1.29 is 0 Å². The Morgan fingerprint density at radius 2 is 1.42 bits per heavy atom. The summed E-state index contributed by atoms with van der Waals surface area (Å²) in [6.45, 7) is 2.10. The van der Waals surface area contributed by atoms with Gasteiger partial charge in [0.2, 0.25) is 0 Å². The Morgan fingerprint density at radius 3 is 2.11 bits per heavy atom. The predicted octanol–water partition coefficient (Wildman–Crippen LogP) is 4.86. The summed E-state index contributed by atoms with van der Waals surface area (Å²) in [6.07, 6.45) is 2.17. The van der Waals surface area contributed by atoms with E-state index in [1.807, 2.05) is 54.6 Å². The Balaban J connectivity index is 1.68. The number of nitrogens with zero attached hydrogens (tertiary/aromatic N) is 4. The zero-order chi connectivity index (χ0) is 26.2. The first-order valence-electron chi connectivity index (χ1n) is 12.7. The molecule has 38 heavy (non-hydrogen) atoms.